The van der Waals surface area contributed by atoms with Crippen LogP contribution in [0.15, 0.2) is 17.5 Å². The lowest BCUT2D eigenvalue weighted by atomic mass is 10.2. The first kappa shape index (κ1) is 14.8. The lowest BCUT2D eigenvalue weighted by Crippen LogP contribution is -2.07. The molecule has 2 N–H and O–H groups in total. The second-order valence-electron chi connectivity index (χ2n) is 4.98. The maximum Gasteiger partial charge on any atom is 0.135 e. The van der Waals surface area contributed by atoms with Gasteiger partial charge < -0.3 is 10.6 Å². The van der Waals surface area contributed by atoms with Crippen molar-refractivity contribution < 1.29 is 0 Å². The van der Waals surface area contributed by atoms with Crippen molar-refractivity contribution >= 4 is 23.0 Å². The van der Waals surface area contributed by atoms with Gasteiger partial charge in [0.1, 0.15) is 17.5 Å². The zero-order valence-electron chi connectivity index (χ0n) is 12.5. The SMILES string of the molecule is CCc1ccsc1CNc1cc(NC)nc(C(C)C)n1. The third-order valence-electron chi connectivity index (χ3n) is 3.16. The Morgan fingerprint density at radius 3 is 2.65 bits per heavy atom. The van der Waals surface area contributed by atoms with E-state index in [1.807, 2.05) is 13.1 Å². The maximum atomic E-state index is 4.58. The summed E-state index contributed by atoms with van der Waals surface area (Å²) < 4.78 is 0. The van der Waals surface area contributed by atoms with Crippen molar-refractivity contribution in [3.63, 3.8) is 0 Å². The molecule has 0 unspecified atom stereocenters. The quantitative estimate of drug-likeness (QED) is 0.847. The zero-order valence-corrected chi connectivity index (χ0v) is 13.3. The van der Waals surface area contributed by atoms with Gasteiger partial charge in [0, 0.05) is 23.9 Å². The van der Waals surface area contributed by atoms with Crippen molar-refractivity contribution in [3.8, 4) is 0 Å². The number of hydrogen-bond acceptors (Lipinski definition) is 5. The van der Waals surface area contributed by atoms with E-state index in [0.717, 1.165) is 30.4 Å². The molecule has 2 aromatic heterocycles. The Morgan fingerprint density at radius 2 is 2.00 bits per heavy atom. The van der Waals surface area contributed by atoms with Gasteiger partial charge in [0.15, 0.2) is 0 Å². The molecule has 0 aliphatic rings. The molecule has 0 radical (unpaired) electrons. The van der Waals surface area contributed by atoms with Crippen molar-refractivity contribution in [2.24, 2.45) is 0 Å². The molecule has 0 saturated carbocycles. The molecule has 0 bridgehead atoms. The van der Waals surface area contributed by atoms with Crippen LogP contribution >= 0.6 is 11.3 Å². The van der Waals surface area contributed by atoms with Crippen LogP contribution in [0.25, 0.3) is 0 Å². The van der Waals surface area contributed by atoms with E-state index >= 15 is 0 Å². The van der Waals surface area contributed by atoms with Crippen LogP contribution < -0.4 is 10.6 Å². The Kier molecular flexibility index (Phi) is 4.95. The maximum absolute atomic E-state index is 4.58. The second-order valence-corrected chi connectivity index (χ2v) is 5.98. The van der Waals surface area contributed by atoms with Crippen LogP contribution in [-0.4, -0.2) is 17.0 Å². The van der Waals surface area contributed by atoms with Gasteiger partial charge in [-0.25, -0.2) is 9.97 Å². The Morgan fingerprint density at radius 1 is 1.25 bits per heavy atom. The molecule has 0 saturated heterocycles. The zero-order chi connectivity index (χ0) is 14.5. The lowest BCUT2D eigenvalue weighted by Gasteiger charge is -2.11. The predicted octanol–water partition coefficient (Wildman–Crippen LogP) is 3.88. The van der Waals surface area contributed by atoms with Crippen molar-refractivity contribution in [2.45, 2.75) is 39.7 Å². The minimum Gasteiger partial charge on any atom is -0.373 e. The topological polar surface area (TPSA) is 49.8 Å². The summed E-state index contributed by atoms with van der Waals surface area (Å²) in [4.78, 5) is 10.4. The first-order valence-electron chi connectivity index (χ1n) is 6.99. The molecule has 20 heavy (non-hydrogen) atoms. The smallest absolute Gasteiger partial charge is 0.135 e. The standard InChI is InChI=1S/C15H22N4S/c1-5-11-6-7-20-12(11)9-17-14-8-13(16-4)18-15(19-14)10(2)3/h6-8,10H,5,9H2,1-4H3,(H2,16,17,18,19). The van der Waals surface area contributed by atoms with Gasteiger partial charge in [-0.2, -0.15) is 0 Å². The molecule has 108 valence electrons. The molecule has 0 aromatic carbocycles. The number of nitrogens with one attached hydrogen (secondary N) is 2. The average Bonchev–Trinajstić information content (AvgIpc) is 2.92. The Balaban J connectivity index is 2.14. The minimum absolute atomic E-state index is 0.316. The molecule has 0 spiro atoms. The molecule has 0 atom stereocenters. The van der Waals surface area contributed by atoms with Crippen LogP contribution in [0, 0.1) is 0 Å². The van der Waals surface area contributed by atoms with E-state index in [0.29, 0.717) is 5.92 Å². The Bertz CT molecular complexity index is 563. The van der Waals surface area contributed by atoms with E-state index in [1.54, 1.807) is 11.3 Å². The highest BCUT2D eigenvalue weighted by atomic mass is 32.1. The third-order valence-corrected chi connectivity index (χ3v) is 4.13. The highest BCUT2D eigenvalue weighted by Gasteiger charge is 2.08. The van der Waals surface area contributed by atoms with Crippen molar-refractivity contribution in [3.05, 3.63) is 33.8 Å². The monoisotopic (exact) mass is 290 g/mol. The van der Waals surface area contributed by atoms with Crippen LogP contribution in [0.3, 0.4) is 0 Å². The fraction of sp³-hybridized carbons (Fsp3) is 0.467. The van der Waals surface area contributed by atoms with E-state index < -0.39 is 0 Å². The fourth-order valence-corrected chi connectivity index (χ4v) is 2.87. The summed E-state index contributed by atoms with van der Waals surface area (Å²) >= 11 is 1.79. The molecular formula is C15H22N4S. The number of hydrogen-bond donors (Lipinski definition) is 2. The molecule has 0 aliphatic heterocycles. The number of thiophene rings is 1. The lowest BCUT2D eigenvalue weighted by molar-refractivity contribution is 0.776. The van der Waals surface area contributed by atoms with Gasteiger partial charge in [0.2, 0.25) is 0 Å². The van der Waals surface area contributed by atoms with Gasteiger partial charge in [-0.1, -0.05) is 20.8 Å². The third kappa shape index (κ3) is 3.48. The van der Waals surface area contributed by atoms with E-state index in [-0.39, 0.29) is 0 Å². The summed E-state index contributed by atoms with van der Waals surface area (Å²) in [6, 6.07) is 4.14. The summed E-state index contributed by atoms with van der Waals surface area (Å²) in [5.41, 5.74) is 1.41. The molecule has 2 heterocycles. The summed E-state index contributed by atoms with van der Waals surface area (Å²) in [5, 5.41) is 8.65. The Labute approximate surface area is 124 Å². The van der Waals surface area contributed by atoms with Crippen molar-refractivity contribution in [1.82, 2.24) is 9.97 Å². The first-order chi connectivity index (χ1) is 9.63. The van der Waals surface area contributed by atoms with Crippen molar-refractivity contribution in [1.29, 1.82) is 0 Å². The highest BCUT2D eigenvalue weighted by molar-refractivity contribution is 7.10. The number of rotatable bonds is 6. The van der Waals surface area contributed by atoms with E-state index in [9.17, 15) is 0 Å². The van der Waals surface area contributed by atoms with E-state index in [1.165, 1.54) is 10.4 Å². The van der Waals surface area contributed by atoms with Crippen molar-refractivity contribution in [2.75, 3.05) is 17.7 Å². The molecule has 2 aromatic rings. The number of aromatic nitrogens is 2. The van der Waals surface area contributed by atoms with Gasteiger partial charge in [-0.15, -0.1) is 11.3 Å². The summed E-state index contributed by atoms with van der Waals surface area (Å²) in [6.45, 7) is 7.21. The minimum atomic E-state index is 0.316. The fourth-order valence-electron chi connectivity index (χ4n) is 1.95. The summed E-state index contributed by atoms with van der Waals surface area (Å²) in [5.74, 6) is 2.91. The van der Waals surface area contributed by atoms with Crippen LogP contribution in [0.5, 0.6) is 0 Å². The second kappa shape index (κ2) is 6.70. The van der Waals surface area contributed by atoms with Gasteiger partial charge in [0.05, 0.1) is 6.54 Å². The van der Waals surface area contributed by atoms with Crippen LogP contribution in [-0.2, 0) is 13.0 Å². The molecule has 4 nitrogen and oxygen atoms in total. The predicted molar refractivity (Wildman–Crippen MR) is 86.7 cm³/mol. The molecular weight excluding hydrogens is 268 g/mol. The first-order valence-corrected chi connectivity index (χ1v) is 7.87. The highest BCUT2D eigenvalue weighted by Crippen LogP contribution is 2.21. The van der Waals surface area contributed by atoms with Crippen LogP contribution in [0.4, 0.5) is 11.6 Å². The molecule has 0 amide bonds. The normalized spacial score (nSPS) is 10.8. The average molecular weight is 290 g/mol. The number of aryl methyl sites for hydroxylation is 1. The summed E-state index contributed by atoms with van der Waals surface area (Å²) in [7, 11) is 1.88. The number of anilines is 2. The van der Waals surface area contributed by atoms with Gasteiger partial charge in [-0.05, 0) is 23.4 Å². The largest absolute Gasteiger partial charge is 0.373 e. The van der Waals surface area contributed by atoms with Gasteiger partial charge in [0.25, 0.3) is 0 Å². The van der Waals surface area contributed by atoms with Crippen LogP contribution in [0.2, 0.25) is 0 Å². The van der Waals surface area contributed by atoms with Crippen LogP contribution in [0.1, 0.15) is 43.0 Å². The molecule has 5 heteroatoms. The molecule has 2 rings (SSSR count). The number of nitrogens with zero attached hydrogens (tertiary/aromatic N) is 2. The summed E-state index contributed by atoms with van der Waals surface area (Å²) in [6.07, 6.45) is 1.07. The van der Waals surface area contributed by atoms with Gasteiger partial charge in [-0.3, -0.25) is 0 Å². The van der Waals surface area contributed by atoms with E-state index in [2.05, 4.69) is 52.8 Å². The molecule has 0 fully saturated rings. The molecule has 0 aliphatic carbocycles. The van der Waals surface area contributed by atoms with E-state index in [4.69, 9.17) is 0 Å². The Hall–Kier alpha value is -1.62. The van der Waals surface area contributed by atoms with Gasteiger partial charge >= 0.3 is 0 Å².